The SMILES string of the molecule is C[C@@H](NC(=O)C(F)(F)c1nccn1C)c1nc2ccccc2[nH]1. The van der Waals surface area contributed by atoms with Crippen LogP contribution in [0.25, 0.3) is 11.0 Å². The Kier molecular flexibility index (Phi) is 3.59. The van der Waals surface area contributed by atoms with E-state index in [9.17, 15) is 13.6 Å². The zero-order valence-corrected chi connectivity index (χ0v) is 12.5. The highest BCUT2D eigenvalue weighted by Gasteiger charge is 2.45. The molecule has 0 spiro atoms. The number of alkyl halides is 2. The van der Waals surface area contributed by atoms with Crippen LogP contribution < -0.4 is 5.32 Å². The summed E-state index contributed by atoms with van der Waals surface area (Å²) in [7, 11) is 1.41. The second kappa shape index (κ2) is 5.45. The number of amides is 1. The number of hydrogen-bond acceptors (Lipinski definition) is 3. The minimum Gasteiger partial charge on any atom is -0.341 e. The second-order valence-corrected chi connectivity index (χ2v) is 5.27. The fourth-order valence-corrected chi connectivity index (χ4v) is 2.30. The van der Waals surface area contributed by atoms with Gasteiger partial charge in [-0.2, -0.15) is 8.78 Å². The maximum absolute atomic E-state index is 14.2. The molecule has 2 N–H and O–H groups in total. The molecule has 1 atom stereocenters. The van der Waals surface area contributed by atoms with Gasteiger partial charge in [0.1, 0.15) is 5.82 Å². The van der Waals surface area contributed by atoms with Gasteiger partial charge in [-0.25, -0.2) is 9.97 Å². The highest BCUT2D eigenvalue weighted by molar-refractivity contribution is 5.84. The molecule has 3 aromatic rings. The molecule has 0 unspecified atom stereocenters. The summed E-state index contributed by atoms with van der Waals surface area (Å²) in [4.78, 5) is 22.8. The minimum absolute atomic E-state index is 0.412. The second-order valence-electron chi connectivity index (χ2n) is 5.27. The third kappa shape index (κ3) is 2.67. The Hall–Kier alpha value is -2.77. The molecule has 0 saturated heterocycles. The van der Waals surface area contributed by atoms with E-state index in [4.69, 9.17) is 0 Å². The molecule has 23 heavy (non-hydrogen) atoms. The van der Waals surface area contributed by atoms with E-state index in [0.717, 1.165) is 10.1 Å². The third-order valence-corrected chi connectivity index (χ3v) is 3.55. The van der Waals surface area contributed by atoms with Crippen LogP contribution in [-0.4, -0.2) is 25.4 Å². The van der Waals surface area contributed by atoms with Crippen molar-refractivity contribution in [2.24, 2.45) is 7.05 Å². The number of hydrogen-bond donors (Lipinski definition) is 2. The summed E-state index contributed by atoms with van der Waals surface area (Å²) in [6.07, 6.45) is 2.58. The number of carbonyl (C=O) groups excluding carboxylic acids is 1. The number of nitrogens with one attached hydrogen (secondary N) is 2. The van der Waals surface area contributed by atoms with Crippen LogP contribution in [0.15, 0.2) is 36.7 Å². The topological polar surface area (TPSA) is 75.6 Å². The van der Waals surface area contributed by atoms with Gasteiger partial charge in [0.05, 0.1) is 17.1 Å². The van der Waals surface area contributed by atoms with Crippen LogP contribution in [0, 0.1) is 0 Å². The average molecular weight is 319 g/mol. The Morgan fingerprint density at radius 3 is 2.78 bits per heavy atom. The normalized spacial score (nSPS) is 13.2. The molecule has 0 radical (unpaired) electrons. The van der Waals surface area contributed by atoms with Crippen molar-refractivity contribution in [3.05, 3.63) is 48.3 Å². The van der Waals surface area contributed by atoms with Crippen LogP contribution in [0.2, 0.25) is 0 Å². The van der Waals surface area contributed by atoms with E-state index in [1.54, 1.807) is 13.0 Å². The number of aromatic nitrogens is 4. The summed E-state index contributed by atoms with van der Waals surface area (Å²) in [5.74, 6) is -5.33. The number of nitrogens with zero attached hydrogens (tertiary/aromatic N) is 3. The van der Waals surface area contributed by atoms with E-state index >= 15 is 0 Å². The molecule has 0 aliphatic carbocycles. The first-order valence-corrected chi connectivity index (χ1v) is 7.01. The van der Waals surface area contributed by atoms with Crippen LogP contribution in [0.4, 0.5) is 8.78 Å². The molecule has 0 aliphatic rings. The number of halogens is 2. The van der Waals surface area contributed by atoms with Crippen molar-refractivity contribution < 1.29 is 13.6 Å². The number of aryl methyl sites for hydroxylation is 1. The van der Waals surface area contributed by atoms with E-state index in [0.29, 0.717) is 11.3 Å². The summed E-state index contributed by atoms with van der Waals surface area (Å²) >= 11 is 0. The quantitative estimate of drug-likeness (QED) is 0.774. The highest BCUT2D eigenvalue weighted by atomic mass is 19.3. The first-order valence-electron chi connectivity index (χ1n) is 7.01. The molecular weight excluding hydrogens is 304 g/mol. The third-order valence-electron chi connectivity index (χ3n) is 3.55. The van der Waals surface area contributed by atoms with Gasteiger partial charge in [-0.05, 0) is 19.1 Å². The number of H-pyrrole nitrogens is 1. The van der Waals surface area contributed by atoms with Gasteiger partial charge < -0.3 is 14.9 Å². The van der Waals surface area contributed by atoms with Crippen LogP contribution >= 0.6 is 0 Å². The van der Waals surface area contributed by atoms with Crippen LogP contribution in [0.5, 0.6) is 0 Å². The maximum atomic E-state index is 14.2. The van der Waals surface area contributed by atoms with Gasteiger partial charge in [0.25, 0.3) is 5.91 Å². The number of benzene rings is 1. The lowest BCUT2D eigenvalue weighted by Gasteiger charge is -2.18. The first-order chi connectivity index (χ1) is 10.9. The van der Waals surface area contributed by atoms with E-state index in [2.05, 4.69) is 20.3 Å². The standard InChI is InChI=1S/C15H15F2N5O/c1-9(12-20-10-5-3-4-6-11(10)21-12)19-14(23)15(16,17)13-18-7-8-22(13)2/h3-9H,1-2H3,(H,19,23)(H,20,21)/t9-/m1/s1. The molecule has 1 amide bonds. The van der Waals surface area contributed by atoms with Crippen LogP contribution in [-0.2, 0) is 17.8 Å². The van der Waals surface area contributed by atoms with Crippen LogP contribution in [0.1, 0.15) is 24.6 Å². The molecule has 0 fully saturated rings. The number of aromatic amines is 1. The summed E-state index contributed by atoms with van der Waals surface area (Å²) in [5, 5.41) is 2.28. The van der Waals surface area contributed by atoms with Gasteiger partial charge in [-0.1, -0.05) is 12.1 Å². The molecule has 0 saturated carbocycles. The Bertz CT molecular complexity index is 821. The Morgan fingerprint density at radius 2 is 2.13 bits per heavy atom. The molecule has 6 nitrogen and oxygen atoms in total. The van der Waals surface area contributed by atoms with Gasteiger partial charge in [0, 0.05) is 19.4 Å². The predicted molar refractivity (Wildman–Crippen MR) is 79.8 cm³/mol. The molecule has 120 valence electrons. The van der Waals surface area contributed by atoms with Gasteiger partial charge in [-0.3, -0.25) is 4.79 Å². The van der Waals surface area contributed by atoms with Crippen molar-refractivity contribution in [3.63, 3.8) is 0 Å². The summed E-state index contributed by atoms with van der Waals surface area (Å²) in [6, 6.07) is 6.59. The molecule has 2 heterocycles. The van der Waals surface area contributed by atoms with Crippen LogP contribution in [0.3, 0.4) is 0 Å². The fourth-order valence-electron chi connectivity index (χ4n) is 2.30. The van der Waals surface area contributed by atoms with E-state index in [1.165, 1.54) is 19.4 Å². The lowest BCUT2D eigenvalue weighted by molar-refractivity contribution is -0.149. The Morgan fingerprint density at radius 1 is 1.39 bits per heavy atom. The Balaban J connectivity index is 1.80. The molecule has 0 aliphatic heterocycles. The molecule has 0 bridgehead atoms. The fraction of sp³-hybridized carbons (Fsp3) is 0.267. The van der Waals surface area contributed by atoms with E-state index in [1.807, 2.05) is 18.2 Å². The van der Waals surface area contributed by atoms with Crippen molar-refractivity contribution in [2.45, 2.75) is 18.9 Å². The summed E-state index contributed by atoms with van der Waals surface area (Å²) in [6.45, 7) is 1.59. The lowest BCUT2D eigenvalue weighted by Crippen LogP contribution is -2.41. The number of para-hydroxylation sites is 2. The molecule has 3 rings (SSSR count). The monoisotopic (exact) mass is 319 g/mol. The highest BCUT2D eigenvalue weighted by Crippen LogP contribution is 2.27. The summed E-state index contributed by atoms with van der Waals surface area (Å²) < 4.78 is 29.5. The predicted octanol–water partition coefficient (Wildman–Crippen LogP) is 2.27. The average Bonchev–Trinajstić information content (AvgIpc) is 3.12. The zero-order chi connectivity index (χ0) is 16.6. The van der Waals surface area contributed by atoms with Gasteiger partial charge >= 0.3 is 5.92 Å². The molecular formula is C15H15F2N5O. The maximum Gasteiger partial charge on any atom is 0.381 e. The van der Waals surface area contributed by atoms with E-state index in [-0.39, 0.29) is 0 Å². The van der Waals surface area contributed by atoms with Crippen molar-refractivity contribution in [2.75, 3.05) is 0 Å². The van der Waals surface area contributed by atoms with Gasteiger partial charge in [-0.15, -0.1) is 0 Å². The van der Waals surface area contributed by atoms with Gasteiger partial charge in [0.2, 0.25) is 0 Å². The molecule has 8 heteroatoms. The number of imidazole rings is 2. The Labute approximate surface area is 130 Å². The number of fused-ring (bicyclic) bond motifs is 1. The smallest absolute Gasteiger partial charge is 0.341 e. The van der Waals surface area contributed by atoms with E-state index < -0.39 is 23.7 Å². The van der Waals surface area contributed by atoms with Crippen molar-refractivity contribution in [3.8, 4) is 0 Å². The number of carbonyl (C=O) groups is 1. The van der Waals surface area contributed by atoms with Crippen molar-refractivity contribution >= 4 is 16.9 Å². The van der Waals surface area contributed by atoms with Crippen molar-refractivity contribution in [1.29, 1.82) is 0 Å². The minimum atomic E-state index is -3.72. The van der Waals surface area contributed by atoms with Gasteiger partial charge in [0.15, 0.2) is 5.82 Å². The number of rotatable bonds is 4. The molecule has 1 aromatic carbocycles. The molecule has 2 aromatic heterocycles. The lowest BCUT2D eigenvalue weighted by atomic mass is 10.2. The summed E-state index contributed by atoms with van der Waals surface area (Å²) in [5.41, 5.74) is 1.49. The van der Waals surface area contributed by atoms with Crippen molar-refractivity contribution in [1.82, 2.24) is 24.8 Å². The first kappa shape index (κ1) is 15.1. The largest absolute Gasteiger partial charge is 0.381 e. The zero-order valence-electron chi connectivity index (χ0n) is 12.5.